The van der Waals surface area contributed by atoms with E-state index in [4.69, 9.17) is 10.5 Å². The molecular weight excluding hydrogens is 254 g/mol. The number of rotatable bonds is 6. The van der Waals surface area contributed by atoms with Crippen LogP contribution in [0.3, 0.4) is 0 Å². The van der Waals surface area contributed by atoms with Crippen LogP contribution in [-0.4, -0.2) is 62.1 Å². The van der Waals surface area contributed by atoms with Gasteiger partial charge in [0.25, 0.3) is 0 Å². The van der Waals surface area contributed by atoms with E-state index in [-0.39, 0.29) is 0 Å². The first-order valence-corrected chi connectivity index (χ1v) is 7.09. The van der Waals surface area contributed by atoms with Gasteiger partial charge in [-0.1, -0.05) is 6.07 Å². The van der Waals surface area contributed by atoms with Crippen molar-refractivity contribution in [2.24, 2.45) is 5.73 Å². The van der Waals surface area contributed by atoms with Crippen molar-refractivity contribution in [3.63, 3.8) is 0 Å². The van der Waals surface area contributed by atoms with Crippen molar-refractivity contribution in [1.82, 2.24) is 9.80 Å². The quantitative estimate of drug-likeness (QED) is 0.782. The predicted molar refractivity (Wildman–Crippen MR) is 79.0 cm³/mol. The molecule has 1 aromatic rings. The zero-order valence-corrected chi connectivity index (χ0v) is 12.0. The van der Waals surface area contributed by atoms with Crippen LogP contribution in [0.1, 0.15) is 16.8 Å². The van der Waals surface area contributed by atoms with E-state index in [1.165, 1.54) is 0 Å². The van der Waals surface area contributed by atoms with Crippen LogP contribution in [-0.2, 0) is 0 Å². The molecule has 1 aromatic carbocycles. The highest BCUT2D eigenvalue weighted by Gasteiger charge is 2.12. The van der Waals surface area contributed by atoms with Gasteiger partial charge in [-0.2, -0.15) is 0 Å². The molecule has 0 aromatic heterocycles. The first-order chi connectivity index (χ1) is 9.65. The van der Waals surface area contributed by atoms with E-state index in [0.717, 1.165) is 39.1 Å². The van der Waals surface area contributed by atoms with Gasteiger partial charge < -0.3 is 20.3 Å². The van der Waals surface area contributed by atoms with Gasteiger partial charge in [-0.3, -0.25) is 4.79 Å². The molecular formula is C15H23N3O2. The Bertz CT molecular complexity index is 442. The first kappa shape index (κ1) is 14.8. The highest BCUT2D eigenvalue weighted by Crippen LogP contribution is 2.13. The van der Waals surface area contributed by atoms with Crippen LogP contribution < -0.4 is 10.5 Å². The lowest BCUT2D eigenvalue weighted by atomic mass is 10.2. The summed E-state index contributed by atoms with van der Waals surface area (Å²) < 4.78 is 5.66. The van der Waals surface area contributed by atoms with Crippen molar-refractivity contribution in [3.05, 3.63) is 29.8 Å². The van der Waals surface area contributed by atoms with E-state index in [1.807, 2.05) is 6.07 Å². The number of nitrogens with zero attached hydrogens (tertiary/aromatic N) is 2. The van der Waals surface area contributed by atoms with Gasteiger partial charge in [0, 0.05) is 38.3 Å². The van der Waals surface area contributed by atoms with Crippen molar-refractivity contribution in [2.45, 2.75) is 6.42 Å². The summed E-state index contributed by atoms with van der Waals surface area (Å²) in [6, 6.07) is 7.02. The van der Waals surface area contributed by atoms with E-state index in [1.54, 1.807) is 18.2 Å². The molecule has 0 aliphatic carbocycles. The molecule has 0 radical (unpaired) electrons. The van der Waals surface area contributed by atoms with Crippen LogP contribution in [0.5, 0.6) is 5.75 Å². The summed E-state index contributed by atoms with van der Waals surface area (Å²) in [6.07, 6.45) is 0.991. The van der Waals surface area contributed by atoms with Crippen molar-refractivity contribution in [1.29, 1.82) is 0 Å². The van der Waals surface area contributed by atoms with Gasteiger partial charge in [0.05, 0.1) is 6.61 Å². The highest BCUT2D eigenvalue weighted by molar-refractivity contribution is 5.93. The molecule has 5 heteroatoms. The molecule has 20 heavy (non-hydrogen) atoms. The molecule has 110 valence electrons. The van der Waals surface area contributed by atoms with Crippen molar-refractivity contribution < 1.29 is 9.53 Å². The van der Waals surface area contributed by atoms with Gasteiger partial charge in [-0.15, -0.1) is 0 Å². The molecule has 2 N–H and O–H groups in total. The summed E-state index contributed by atoms with van der Waals surface area (Å²) in [5.41, 5.74) is 5.73. The average Bonchev–Trinajstić information content (AvgIpc) is 2.46. The third-order valence-corrected chi connectivity index (χ3v) is 3.60. The Kier molecular flexibility index (Phi) is 5.38. The number of nitrogens with two attached hydrogens (primary N) is 1. The maximum atomic E-state index is 11.1. The number of amides is 1. The lowest BCUT2D eigenvalue weighted by molar-refractivity contribution is 0.0999. The molecule has 0 bridgehead atoms. The van der Waals surface area contributed by atoms with Crippen molar-refractivity contribution in [3.8, 4) is 5.75 Å². The Hall–Kier alpha value is -1.59. The molecule has 1 heterocycles. The van der Waals surface area contributed by atoms with E-state index in [2.05, 4.69) is 16.8 Å². The molecule has 0 atom stereocenters. The Morgan fingerprint density at radius 3 is 2.75 bits per heavy atom. The lowest BCUT2D eigenvalue weighted by Gasteiger charge is -2.32. The van der Waals surface area contributed by atoms with Crippen LogP contribution >= 0.6 is 0 Å². The second kappa shape index (κ2) is 7.26. The van der Waals surface area contributed by atoms with Gasteiger partial charge in [0.1, 0.15) is 5.75 Å². The smallest absolute Gasteiger partial charge is 0.248 e. The summed E-state index contributed by atoms with van der Waals surface area (Å²) in [5.74, 6) is 0.285. The Labute approximate surface area is 120 Å². The second-order valence-corrected chi connectivity index (χ2v) is 5.24. The molecule has 0 unspecified atom stereocenters. The number of carbonyl (C=O) groups is 1. The number of hydrogen-bond donors (Lipinski definition) is 1. The van der Waals surface area contributed by atoms with Crippen LogP contribution in [0.25, 0.3) is 0 Å². The number of benzene rings is 1. The molecule has 5 nitrogen and oxygen atoms in total. The summed E-state index contributed by atoms with van der Waals surface area (Å²) in [4.78, 5) is 15.9. The molecule has 1 fully saturated rings. The van der Waals surface area contributed by atoms with E-state index < -0.39 is 5.91 Å². The third kappa shape index (κ3) is 4.51. The summed E-state index contributed by atoms with van der Waals surface area (Å²) in [6.45, 7) is 6.27. The average molecular weight is 277 g/mol. The number of likely N-dealkylation sites (N-methyl/N-ethyl adjacent to an activating group) is 1. The van der Waals surface area contributed by atoms with E-state index in [9.17, 15) is 4.79 Å². The van der Waals surface area contributed by atoms with Crippen molar-refractivity contribution in [2.75, 3.05) is 46.4 Å². The van der Waals surface area contributed by atoms with Crippen LogP contribution in [0.2, 0.25) is 0 Å². The minimum absolute atomic E-state index is 0.423. The lowest BCUT2D eigenvalue weighted by Crippen LogP contribution is -2.44. The van der Waals surface area contributed by atoms with E-state index in [0.29, 0.717) is 17.9 Å². The summed E-state index contributed by atoms with van der Waals surface area (Å²) >= 11 is 0. The largest absolute Gasteiger partial charge is 0.494 e. The zero-order chi connectivity index (χ0) is 14.4. The monoisotopic (exact) mass is 277 g/mol. The van der Waals surface area contributed by atoms with Crippen LogP contribution in [0, 0.1) is 0 Å². The maximum absolute atomic E-state index is 11.1. The van der Waals surface area contributed by atoms with Crippen molar-refractivity contribution >= 4 is 5.91 Å². The summed E-state index contributed by atoms with van der Waals surface area (Å²) in [5, 5.41) is 0. The fourth-order valence-corrected chi connectivity index (χ4v) is 2.29. The molecule has 0 spiro atoms. The maximum Gasteiger partial charge on any atom is 0.248 e. The predicted octanol–water partition coefficient (Wildman–Crippen LogP) is 0.802. The molecule has 1 aliphatic heterocycles. The molecule has 1 saturated heterocycles. The summed E-state index contributed by atoms with van der Waals surface area (Å²) in [7, 11) is 2.16. The zero-order valence-electron chi connectivity index (χ0n) is 12.0. The van der Waals surface area contributed by atoms with Gasteiger partial charge in [-0.05, 0) is 31.7 Å². The highest BCUT2D eigenvalue weighted by atomic mass is 16.5. The van der Waals surface area contributed by atoms with Crippen LogP contribution in [0.15, 0.2) is 24.3 Å². The normalized spacial score (nSPS) is 17.1. The fourth-order valence-electron chi connectivity index (χ4n) is 2.29. The minimum atomic E-state index is -0.423. The minimum Gasteiger partial charge on any atom is -0.494 e. The third-order valence-electron chi connectivity index (χ3n) is 3.60. The second-order valence-electron chi connectivity index (χ2n) is 5.24. The molecule has 1 amide bonds. The molecule has 2 rings (SSSR count). The number of hydrogen-bond acceptors (Lipinski definition) is 4. The first-order valence-electron chi connectivity index (χ1n) is 7.09. The number of primary amides is 1. The van der Waals surface area contributed by atoms with Gasteiger partial charge in [0.2, 0.25) is 5.91 Å². The fraction of sp³-hybridized carbons (Fsp3) is 0.533. The Morgan fingerprint density at radius 2 is 2.05 bits per heavy atom. The molecule has 0 saturated carbocycles. The SMILES string of the molecule is CN1CCN(CCCOc2cccc(C(N)=O)c2)CC1. The Morgan fingerprint density at radius 1 is 1.30 bits per heavy atom. The van der Waals surface area contributed by atoms with E-state index >= 15 is 0 Å². The van der Waals surface area contributed by atoms with Gasteiger partial charge in [-0.25, -0.2) is 0 Å². The topological polar surface area (TPSA) is 58.8 Å². The van der Waals surface area contributed by atoms with Gasteiger partial charge >= 0.3 is 0 Å². The number of carbonyl (C=O) groups excluding carboxylic acids is 1. The standard InChI is InChI=1S/C15H23N3O2/c1-17-7-9-18(10-8-17)6-3-11-20-14-5-2-4-13(12-14)15(16)19/h2,4-5,12H,3,6-11H2,1H3,(H2,16,19). The number of piperazine rings is 1. The number of ether oxygens (including phenoxy) is 1. The van der Waals surface area contributed by atoms with Crippen LogP contribution in [0.4, 0.5) is 0 Å². The van der Waals surface area contributed by atoms with Gasteiger partial charge in [0.15, 0.2) is 0 Å². The molecule has 1 aliphatic rings. The Balaban J connectivity index is 1.68.